The van der Waals surface area contributed by atoms with Crippen molar-refractivity contribution in [2.45, 2.75) is 12.8 Å². The van der Waals surface area contributed by atoms with Crippen molar-refractivity contribution >= 4 is 17.5 Å². The van der Waals surface area contributed by atoms with E-state index in [9.17, 15) is 18.4 Å². The summed E-state index contributed by atoms with van der Waals surface area (Å²) in [6, 6.07) is 6.42. The van der Waals surface area contributed by atoms with Crippen LogP contribution in [-0.4, -0.2) is 34.8 Å². The highest BCUT2D eigenvalue weighted by Crippen LogP contribution is 2.22. The Kier molecular flexibility index (Phi) is 5.02. The van der Waals surface area contributed by atoms with Gasteiger partial charge in [-0.15, -0.1) is 0 Å². The van der Waals surface area contributed by atoms with E-state index in [1.54, 1.807) is 23.2 Å². The predicted octanol–water partition coefficient (Wildman–Crippen LogP) is 2.85. The van der Waals surface area contributed by atoms with Crippen LogP contribution in [0.2, 0.25) is 0 Å². The molecule has 0 bridgehead atoms. The molecule has 1 aromatic carbocycles. The molecule has 0 radical (unpaired) electrons. The van der Waals surface area contributed by atoms with Crippen LogP contribution in [0.25, 0.3) is 0 Å². The summed E-state index contributed by atoms with van der Waals surface area (Å²) in [6.45, 7) is 0.884. The number of amides is 2. The number of aromatic nitrogens is 1. The summed E-state index contributed by atoms with van der Waals surface area (Å²) < 4.78 is 26.5. The van der Waals surface area contributed by atoms with E-state index in [0.717, 1.165) is 12.1 Å². The van der Waals surface area contributed by atoms with Gasteiger partial charge in [0.1, 0.15) is 11.6 Å². The highest BCUT2D eigenvalue weighted by atomic mass is 19.1. The van der Waals surface area contributed by atoms with Crippen molar-refractivity contribution < 1.29 is 18.4 Å². The molecule has 1 saturated heterocycles. The second-order valence-corrected chi connectivity index (χ2v) is 5.92. The van der Waals surface area contributed by atoms with Gasteiger partial charge >= 0.3 is 0 Å². The van der Waals surface area contributed by atoms with Crippen LogP contribution in [0.3, 0.4) is 0 Å². The number of carbonyl (C=O) groups is 2. The highest BCUT2D eigenvalue weighted by Gasteiger charge is 2.28. The van der Waals surface area contributed by atoms with Crippen LogP contribution in [0.1, 0.15) is 23.2 Å². The third kappa shape index (κ3) is 3.99. The first-order valence-electron chi connectivity index (χ1n) is 8.00. The Bertz CT molecular complexity index is 775. The van der Waals surface area contributed by atoms with Gasteiger partial charge < -0.3 is 10.2 Å². The van der Waals surface area contributed by atoms with Gasteiger partial charge in [0.25, 0.3) is 5.91 Å². The van der Waals surface area contributed by atoms with E-state index in [1.165, 1.54) is 12.3 Å². The van der Waals surface area contributed by atoms with Crippen molar-refractivity contribution in [1.82, 2.24) is 9.88 Å². The number of nitrogens with zero attached hydrogens (tertiary/aromatic N) is 2. The van der Waals surface area contributed by atoms with Crippen LogP contribution >= 0.6 is 0 Å². The first-order chi connectivity index (χ1) is 12.0. The van der Waals surface area contributed by atoms with Gasteiger partial charge in [-0.1, -0.05) is 0 Å². The number of carbonyl (C=O) groups excluding carboxylic acids is 2. The molecule has 130 valence electrons. The number of anilines is 1. The average Bonchev–Trinajstić information content (AvgIpc) is 2.64. The molecule has 2 heterocycles. The molecule has 25 heavy (non-hydrogen) atoms. The Morgan fingerprint density at radius 1 is 1.16 bits per heavy atom. The van der Waals surface area contributed by atoms with E-state index in [2.05, 4.69) is 10.3 Å². The van der Waals surface area contributed by atoms with Crippen LogP contribution in [-0.2, 0) is 4.79 Å². The highest BCUT2D eigenvalue weighted by molar-refractivity contribution is 5.95. The SMILES string of the molecule is O=C(Nc1ccc(F)cc1F)C1CCN(C(=O)c2cccnc2)CC1. The molecule has 3 rings (SSSR count). The second-order valence-electron chi connectivity index (χ2n) is 5.92. The van der Waals surface area contributed by atoms with Crippen LogP contribution in [0.15, 0.2) is 42.7 Å². The summed E-state index contributed by atoms with van der Waals surface area (Å²) in [7, 11) is 0. The van der Waals surface area contributed by atoms with Gasteiger partial charge in [-0.2, -0.15) is 0 Å². The summed E-state index contributed by atoms with van der Waals surface area (Å²) in [4.78, 5) is 30.2. The van der Waals surface area contributed by atoms with Gasteiger partial charge in [-0.3, -0.25) is 14.6 Å². The minimum Gasteiger partial charge on any atom is -0.339 e. The zero-order chi connectivity index (χ0) is 17.8. The van der Waals surface area contributed by atoms with Gasteiger partial charge in [0.2, 0.25) is 5.91 Å². The van der Waals surface area contributed by atoms with E-state index in [1.807, 2.05) is 0 Å². The van der Waals surface area contributed by atoms with Crippen LogP contribution < -0.4 is 5.32 Å². The maximum Gasteiger partial charge on any atom is 0.255 e. The standard InChI is InChI=1S/C18H17F2N3O2/c19-14-3-4-16(15(20)10-14)22-17(24)12-5-8-23(9-6-12)18(25)13-2-1-7-21-11-13/h1-4,7,10-12H,5-6,8-9H2,(H,22,24). The largest absolute Gasteiger partial charge is 0.339 e. The number of piperidine rings is 1. The van der Waals surface area contributed by atoms with Crippen molar-refractivity contribution in [2.24, 2.45) is 5.92 Å². The lowest BCUT2D eigenvalue weighted by molar-refractivity contribution is -0.121. The van der Waals surface area contributed by atoms with Crippen molar-refractivity contribution in [1.29, 1.82) is 0 Å². The fraction of sp³-hybridized carbons (Fsp3) is 0.278. The summed E-state index contributed by atoms with van der Waals surface area (Å²) in [5.74, 6) is -2.26. The second kappa shape index (κ2) is 7.38. The van der Waals surface area contributed by atoms with Crippen molar-refractivity contribution in [3.8, 4) is 0 Å². The van der Waals surface area contributed by atoms with E-state index >= 15 is 0 Å². The monoisotopic (exact) mass is 345 g/mol. The van der Waals surface area contributed by atoms with E-state index in [0.29, 0.717) is 31.5 Å². The molecule has 0 atom stereocenters. The summed E-state index contributed by atoms with van der Waals surface area (Å²) in [5.41, 5.74) is 0.471. The number of benzene rings is 1. The van der Waals surface area contributed by atoms with Crippen LogP contribution in [0.5, 0.6) is 0 Å². The van der Waals surface area contributed by atoms with Crippen molar-refractivity contribution in [3.63, 3.8) is 0 Å². The molecule has 1 aliphatic heterocycles. The molecule has 1 aliphatic rings. The molecular formula is C18H17F2N3O2. The Hall–Kier alpha value is -2.83. The minimum absolute atomic E-state index is 0.0414. The number of hydrogen-bond acceptors (Lipinski definition) is 3. The smallest absolute Gasteiger partial charge is 0.255 e. The fourth-order valence-corrected chi connectivity index (χ4v) is 2.84. The quantitative estimate of drug-likeness (QED) is 0.930. The number of likely N-dealkylation sites (tertiary alicyclic amines) is 1. The molecule has 2 amide bonds. The molecule has 7 heteroatoms. The van der Waals surface area contributed by atoms with E-state index in [4.69, 9.17) is 0 Å². The third-order valence-corrected chi connectivity index (χ3v) is 4.25. The number of nitrogens with one attached hydrogen (secondary N) is 1. The van der Waals surface area contributed by atoms with E-state index < -0.39 is 11.6 Å². The third-order valence-electron chi connectivity index (χ3n) is 4.25. The summed E-state index contributed by atoms with van der Waals surface area (Å²) in [6.07, 6.45) is 4.08. The molecule has 2 aromatic rings. The zero-order valence-electron chi connectivity index (χ0n) is 13.4. The molecule has 0 spiro atoms. The van der Waals surface area contributed by atoms with E-state index in [-0.39, 0.29) is 23.4 Å². The zero-order valence-corrected chi connectivity index (χ0v) is 13.4. The minimum atomic E-state index is -0.808. The van der Waals surface area contributed by atoms with Gasteiger partial charge in [-0.25, -0.2) is 8.78 Å². The lowest BCUT2D eigenvalue weighted by Crippen LogP contribution is -2.41. The van der Waals surface area contributed by atoms with Gasteiger partial charge in [0.05, 0.1) is 11.3 Å². The maximum atomic E-state index is 13.6. The Morgan fingerprint density at radius 2 is 1.92 bits per heavy atom. The van der Waals surface area contributed by atoms with Crippen LogP contribution in [0.4, 0.5) is 14.5 Å². The normalized spacial score (nSPS) is 15.0. The molecule has 0 aliphatic carbocycles. The lowest BCUT2D eigenvalue weighted by Gasteiger charge is -2.31. The predicted molar refractivity (Wildman–Crippen MR) is 87.9 cm³/mol. The molecule has 5 nitrogen and oxygen atoms in total. The average molecular weight is 345 g/mol. The first-order valence-corrected chi connectivity index (χ1v) is 8.00. The number of hydrogen-bond donors (Lipinski definition) is 1. The Morgan fingerprint density at radius 3 is 2.56 bits per heavy atom. The van der Waals surface area contributed by atoms with Gasteiger partial charge in [-0.05, 0) is 37.1 Å². The lowest BCUT2D eigenvalue weighted by atomic mass is 9.95. The maximum absolute atomic E-state index is 13.6. The first kappa shape index (κ1) is 17.0. The molecular weight excluding hydrogens is 328 g/mol. The summed E-state index contributed by atoms with van der Waals surface area (Å²) >= 11 is 0. The topological polar surface area (TPSA) is 62.3 Å². The van der Waals surface area contributed by atoms with Gasteiger partial charge in [0, 0.05) is 37.5 Å². The Labute approximate surface area is 143 Å². The van der Waals surface area contributed by atoms with Crippen molar-refractivity contribution in [3.05, 3.63) is 59.9 Å². The molecule has 1 fully saturated rings. The molecule has 1 N–H and O–H groups in total. The molecule has 0 unspecified atom stereocenters. The van der Waals surface area contributed by atoms with Crippen molar-refractivity contribution in [2.75, 3.05) is 18.4 Å². The fourth-order valence-electron chi connectivity index (χ4n) is 2.84. The molecule has 1 aromatic heterocycles. The number of pyridine rings is 1. The molecule has 0 saturated carbocycles. The number of rotatable bonds is 3. The summed E-state index contributed by atoms with van der Waals surface area (Å²) in [5, 5.41) is 2.49. The Balaban J connectivity index is 1.56. The van der Waals surface area contributed by atoms with Gasteiger partial charge in [0.15, 0.2) is 0 Å². The van der Waals surface area contributed by atoms with Crippen LogP contribution in [0, 0.1) is 17.6 Å². The number of halogens is 2.